The van der Waals surface area contributed by atoms with Gasteiger partial charge in [0.15, 0.2) is 0 Å². The van der Waals surface area contributed by atoms with Crippen molar-refractivity contribution in [1.82, 2.24) is 0 Å². The molecule has 0 heterocycles. The van der Waals surface area contributed by atoms with Gasteiger partial charge < -0.3 is 5.11 Å². The van der Waals surface area contributed by atoms with Crippen LogP contribution in [0.4, 0.5) is 0 Å². The molecule has 0 aliphatic heterocycles. The number of allylic oxidation sites excluding steroid dienone is 5. The predicted octanol–water partition coefficient (Wildman–Crippen LogP) is 2.54. The van der Waals surface area contributed by atoms with Gasteiger partial charge in [-0.15, -0.1) is 0 Å². The molecular weight excluding hydrogens is 196 g/mol. The average molecular weight is 204 g/mol. The van der Waals surface area contributed by atoms with Crippen molar-refractivity contribution in [1.29, 1.82) is 0 Å². The fourth-order valence-corrected chi connectivity index (χ4v) is 1.42. The molecule has 1 aliphatic rings. The Morgan fingerprint density at radius 1 is 1.00 bits per heavy atom. The average Bonchev–Trinajstić information content (AvgIpc) is 2.71. The Morgan fingerprint density at radius 2 is 1.57 bits per heavy atom. The molecular formula is C12H8ClO-. The molecule has 14 heavy (non-hydrogen) atoms. The predicted molar refractivity (Wildman–Crippen MR) is 56.7 cm³/mol. The molecule has 1 aliphatic carbocycles. The normalized spacial score (nSPS) is 13.6. The van der Waals surface area contributed by atoms with Gasteiger partial charge in [-0.05, 0) is 23.3 Å². The van der Waals surface area contributed by atoms with Crippen molar-refractivity contribution in [3.8, 4) is 0 Å². The van der Waals surface area contributed by atoms with E-state index in [1.165, 1.54) is 0 Å². The second-order valence-corrected chi connectivity index (χ2v) is 3.45. The van der Waals surface area contributed by atoms with Crippen molar-refractivity contribution in [3.63, 3.8) is 0 Å². The van der Waals surface area contributed by atoms with Crippen LogP contribution in [0.2, 0.25) is 5.02 Å². The lowest BCUT2D eigenvalue weighted by molar-refractivity contribution is -0.244. The fourth-order valence-electron chi connectivity index (χ4n) is 1.29. The molecule has 0 unspecified atom stereocenters. The Labute approximate surface area is 87.6 Å². The van der Waals surface area contributed by atoms with Crippen LogP contribution in [-0.4, -0.2) is 0 Å². The zero-order chi connectivity index (χ0) is 9.97. The van der Waals surface area contributed by atoms with E-state index >= 15 is 0 Å². The molecule has 0 fully saturated rings. The molecule has 0 spiro atoms. The first-order chi connectivity index (χ1) is 6.77. The third-order valence-corrected chi connectivity index (χ3v) is 2.28. The first-order valence-electron chi connectivity index (χ1n) is 4.29. The van der Waals surface area contributed by atoms with Crippen LogP contribution in [0.15, 0.2) is 54.1 Å². The second kappa shape index (κ2) is 3.72. The summed E-state index contributed by atoms with van der Waals surface area (Å²) in [7, 11) is 0. The van der Waals surface area contributed by atoms with Gasteiger partial charge in [0, 0.05) is 5.02 Å². The Balaban J connectivity index is 2.40. The van der Waals surface area contributed by atoms with Crippen LogP contribution in [0, 0.1) is 0 Å². The lowest BCUT2D eigenvalue weighted by Crippen LogP contribution is -2.04. The summed E-state index contributed by atoms with van der Waals surface area (Å²) in [4.78, 5) is 0. The zero-order valence-electron chi connectivity index (χ0n) is 7.41. The number of hydrogen-bond donors (Lipinski definition) is 0. The Hall–Kier alpha value is -1.47. The van der Waals surface area contributed by atoms with Gasteiger partial charge in [0.05, 0.1) is 0 Å². The SMILES string of the molecule is [O-]C(=C1C=CC=C1)c1ccc(Cl)cc1. The highest BCUT2D eigenvalue weighted by molar-refractivity contribution is 6.30. The highest BCUT2D eigenvalue weighted by Gasteiger charge is 1.97. The Kier molecular flexibility index (Phi) is 2.42. The number of halogens is 1. The summed E-state index contributed by atoms with van der Waals surface area (Å²) in [6.07, 6.45) is 7.31. The molecule has 2 heteroatoms. The quantitative estimate of drug-likeness (QED) is 0.644. The monoisotopic (exact) mass is 203 g/mol. The maximum atomic E-state index is 11.8. The van der Waals surface area contributed by atoms with Crippen molar-refractivity contribution in [2.45, 2.75) is 0 Å². The van der Waals surface area contributed by atoms with Gasteiger partial charge in [-0.3, -0.25) is 0 Å². The van der Waals surface area contributed by atoms with Gasteiger partial charge in [0.1, 0.15) is 0 Å². The fraction of sp³-hybridized carbons (Fsp3) is 0. The summed E-state index contributed by atoms with van der Waals surface area (Å²) >= 11 is 5.73. The maximum absolute atomic E-state index is 11.8. The molecule has 0 amide bonds. The first-order valence-corrected chi connectivity index (χ1v) is 4.67. The van der Waals surface area contributed by atoms with Crippen molar-refractivity contribution in [3.05, 3.63) is 64.7 Å². The van der Waals surface area contributed by atoms with E-state index < -0.39 is 0 Å². The van der Waals surface area contributed by atoms with E-state index in [0.717, 1.165) is 0 Å². The number of hydrogen-bond acceptors (Lipinski definition) is 1. The largest absolute Gasteiger partial charge is 0.872 e. The van der Waals surface area contributed by atoms with Crippen LogP contribution in [0.1, 0.15) is 5.56 Å². The molecule has 0 radical (unpaired) electrons. The smallest absolute Gasteiger partial charge is 0.0406 e. The third kappa shape index (κ3) is 1.73. The van der Waals surface area contributed by atoms with Crippen LogP contribution in [-0.2, 0) is 0 Å². The van der Waals surface area contributed by atoms with Crippen molar-refractivity contribution in [2.24, 2.45) is 0 Å². The minimum absolute atomic E-state index is 0.0340. The van der Waals surface area contributed by atoms with Crippen LogP contribution in [0.25, 0.3) is 5.76 Å². The minimum atomic E-state index is 0.0340. The summed E-state index contributed by atoms with van der Waals surface area (Å²) < 4.78 is 0. The molecule has 0 bridgehead atoms. The second-order valence-electron chi connectivity index (χ2n) is 3.01. The van der Waals surface area contributed by atoms with Gasteiger partial charge in [-0.2, -0.15) is 0 Å². The van der Waals surface area contributed by atoms with Gasteiger partial charge >= 0.3 is 0 Å². The molecule has 70 valence electrons. The maximum Gasteiger partial charge on any atom is 0.0406 e. The topological polar surface area (TPSA) is 23.1 Å². The summed E-state index contributed by atoms with van der Waals surface area (Å²) in [5.74, 6) is 0.0340. The Morgan fingerprint density at radius 3 is 2.14 bits per heavy atom. The van der Waals surface area contributed by atoms with E-state index in [2.05, 4.69) is 0 Å². The van der Waals surface area contributed by atoms with E-state index in [4.69, 9.17) is 11.6 Å². The van der Waals surface area contributed by atoms with E-state index in [1.54, 1.807) is 36.4 Å². The number of rotatable bonds is 1. The summed E-state index contributed by atoms with van der Waals surface area (Å²) in [6.45, 7) is 0. The van der Waals surface area contributed by atoms with E-state index in [1.807, 2.05) is 12.2 Å². The van der Waals surface area contributed by atoms with Gasteiger partial charge in [-0.25, -0.2) is 0 Å². The van der Waals surface area contributed by atoms with Crippen LogP contribution in [0.3, 0.4) is 0 Å². The van der Waals surface area contributed by atoms with Crippen LogP contribution < -0.4 is 5.11 Å². The standard InChI is InChI=1S/C12H9ClO/c13-11-7-5-10(6-8-11)12(14)9-3-1-2-4-9/h1-8,14H/p-1. The lowest BCUT2D eigenvalue weighted by atomic mass is 10.1. The first kappa shape index (κ1) is 9.10. The van der Waals surface area contributed by atoms with E-state index in [0.29, 0.717) is 16.2 Å². The molecule has 0 atom stereocenters. The number of benzene rings is 1. The molecule has 2 rings (SSSR count). The summed E-state index contributed by atoms with van der Waals surface area (Å²) in [5, 5.41) is 12.4. The molecule has 1 aromatic carbocycles. The minimum Gasteiger partial charge on any atom is -0.872 e. The molecule has 1 aromatic rings. The molecule has 0 aromatic heterocycles. The third-order valence-electron chi connectivity index (χ3n) is 2.03. The van der Waals surface area contributed by atoms with Crippen LogP contribution in [0.5, 0.6) is 0 Å². The highest BCUT2D eigenvalue weighted by Crippen LogP contribution is 2.19. The molecule has 1 nitrogen and oxygen atoms in total. The van der Waals surface area contributed by atoms with Crippen molar-refractivity contribution < 1.29 is 5.11 Å². The highest BCUT2D eigenvalue weighted by atomic mass is 35.5. The van der Waals surface area contributed by atoms with Crippen molar-refractivity contribution in [2.75, 3.05) is 0 Å². The summed E-state index contributed by atoms with van der Waals surface area (Å²) in [5.41, 5.74) is 1.38. The van der Waals surface area contributed by atoms with Gasteiger partial charge in [0.25, 0.3) is 0 Å². The molecule has 0 saturated heterocycles. The molecule has 0 N–H and O–H groups in total. The van der Waals surface area contributed by atoms with E-state index in [9.17, 15) is 5.11 Å². The van der Waals surface area contributed by atoms with Gasteiger partial charge in [0.2, 0.25) is 0 Å². The van der Waals surface area contributed by atoms with E-state index in [-0.39, 0.29) is 5.76 Å². The zero-order valence-corrected chi connectivity index (χ0v) is 8.16. The Bertz CT molecular complexity index is 410. The molecule has 0 saturated carbocycles. The van der Waals surface area contributed by atoms with Gasteiger partial charge in [-0.1, -0.05) is 53.8 Å². The lowest BCUT2D eigenvalue weighted by Gasteiger charge is -2.14. The summed E-state index contributed by atoms with van der Waals surface area (Å²) in [6, 6.07) is 6.91. The van der Waals surface area contributed by atoms with Crippen LogP contribution >= 0.6 is 11.6 Å². The van der Waals surface area contributed by atoms with Crippen molar-refractivity contribution >= 4 is 17.4 Å².